The van der Waals surface area contributed by atoms with Gasteiger partial charge in [-0.15, -0.1) is 0 Å². The van der Waals surface area contributed by atoms with Gasteiger partial charge in [0.15, 0.2) is 5.78 Å². The van der Waals surface area contributed by atoms with Crippen molar-refractivity contribution in [2.75, 3.05) is 20.3 Å². The lowest BCUT2D eigenvalue weighted by Crippen LogP contribution is -2.54. The first-order chi connectivity index (χ1) is 14.5. The van der Waals surface area contributed by atoms with E-state index in [-0.39, 0.29) is 23.7 Å². The molecule has 2 unspecified atom stereocenters. The lowest BCUT2D eigenvalue weighted by atomic mass is 9.80. The van der Waals surface area contributed by atoms with Crippen LogP contribution in [-0.4, -0.2) is 53.7 Å². The highest BCUT2D eigenvalue weighted by atomic mass is 19.1. The second-order valence-corrected chi connectivity index (χ2v) is 8.28. The van der Waals surface area contributed by atoms with Crippen LogP contribution in [-0.2, 0) is 0 Å². The predicted octanol–water partition coefficient (Wildman–Crippen LogP) is 3.84. The molecule has 2 saturated heterocycles. The number of fused-ring (bicyclic) bond motifs is 2. The Morgan fingerprint density at radius 3 is 2.27 bits per heavy atom. The lowest BCUT2D eigenvalue weighted by molar-refractivity contribution is -0.0330. The number of nitrogens with zero attached hydrogens (tertiary/aromatic N) is 1. The van der Waals surface area contributed by atoms with Crippen molar-refractivity contribution >= 4 is 5.78 Å². The van der Waals surface area contributed by atoms with Crippen LogP contribution in [0.1, 0.15) is 42.5 Å². The molecule has 2 aliphatic rings. The largest absolute Gasteiger partial charge is 0.497 e. The predicted molar refractivity (Wildman–Crippen MR) is 112 cm³/mol. The van der Waals surface area contributed by atoms with Gasteiger partial charge < -0.3 is 14.6 Å². The van der Waals surface area contributed by atoms with E-state index in [1.165, 1.54) is 24.3 Å². The van der Waals surface area contributed by atoms with Gasteiger partial charge in [-0.3, -0.25) is 9.69 Å². The van der Waals surface area contributed by atoms with E-state index in [2.05, 4.69) is 4.90 Å². The van der Waals surface area contributed by atoms with E-state index < -0.39 is 5.60 Å². The van der Waals surface area contributed by atoms with Gasteiger partial charge in [0.05, 0.1) is 13.7 Å². The summed E-state index contributed by atoms with van der Waals surface area (Å²) < 4.78 is 24.1. The number of piperidine rings is 1. The zero-order valence-electron chi connectivity index (χ0n) is 17.2. The topological polar surface area (TPSA) is 59.0 Å². The summed E-state index contributed by atoms with van der Waals surface area (Å²) in [6, 6.07) is 13.4. The highest BCUT2D eigenvalue weighted by Gasteiger charge is 2.50. The molecule has 1 N–H and O–H groups in total. The van der Waals surface area contributed by atoms with Crippen LogP contribution in [0.15, 0.2) is 48.5 Å². The highest BCUT2D eigenvalue weighted by molar-refractivity contribution is 6.02. The van der Waals surface area contributed by atoms with E-state index in [1.807, 2.05) is 24.3 Å². The van der Waals surface area contributed by atoms with Crippen molar-refractivity contribution in [1.82, 2.24) is 4.90 Å². The van der Waals surface area contributed by atoms with Gasteiger partial charge in [-0.1, -0.05) is 0 Å². The average Bonchev–Trinajstić information content (AvgIpc) is 3.01. The molecule has 2 aliphatic heterocycles. The fraction of sp³-hybridized carbons (Fsp3) is 0.458. The molecule has 4 rings (SSSR count). The van der Waals surface area contributed by atoms with Gasteiger partial charge in [0.1, 0.15) is 22.9 Å². The molecule has 2 fully saturated rings. The van der Waals surface area contributed by atoms with Crippen LogP contribution < -0.4 is 9.47 Å². The third-order valence-electron chi connectivity index (χ3n) is 6.34. The van der Waals surface area contributed by atoms with Gasteiger partial charge in [-0.25, -0.2) is 4.39 Å². The molecular weight excluding hydrogens is 385 g/mol. The SMILES string of the molecule is COc1ccc(OCCCN2C3CCC2CC(O)(C(=O)c2ccc(F)cc2)C3)cc1. The molecule has 2 aromatic carbocycles. The normalized spacial score (nSPS) is 25.8. The number of Topliss-reactive ketones (excluding diaryl/α,β-unsaturated/α-hetero) is 1. The van der Waals surface area contributed by atoms with Crippen molar-refractivity contribution in [2.45, 2.75) is 49.8 Å². The Labute approximate surface area is 176 Å². The summed E-state index contributed by atoms with van der Waals surface area (Å²) >= 11 is 0. The quantitative estimate of drug-likeness (QED) is 0.526. The van der Waals surface area contributed by atoms with Crippen LogP contribution in [0.3, 0.4) is 0 Å². The molecular formula is C24H28FNO4. The van der Waals surface area contributed by atoms with Crippen molar-refractivity contribution < 1.29 is 23.8 Å². The summed E-state index contributed by atoms with van der Waals surface area (Å²) in [6.07, 6.45) is 3.72. The van der Waals surface area contributed by atoms with Crippen molar-refractivity contribution in [3.8, 4) is 11.5 Å². The Morgan fingerprint density at radius 1 is 1.07 bits per heavy atom. The maximum absolute atomic E-state index is 13.2. The average molecular weight is 413 g/mol. The summed E-state index contributed by atoms with van der Waals surface area (Å²) in [4.78, 5) is 15.3. The molecule has 2 aromatic rings. The Kier molecular flexibility index (Phi) is 6.06. The number of hydrogen-bond donors (Lipinski definition) is 1. The van der Waals surface area contributed by atoms with Gasteiger partial charge in [0.2, 0.25) is 0 Å². The molecule has 0 aliphatic carbocycles. The number of hydrogen-bond acceptors (Lipinski definition) is 5. The number of ether oxygens (including phenoxy) is 2. The van der Waals surface area contributed by atoms with E-state index >= 15 is 0 Å². The van der Waals surface area contributed by atoms with Gasteiger partial charge in [-0.2, -0.15) is 0 Å². The molecule has 0 aromatic heterocycles. The van der Waals surface area contributed by atoms with Crippen LogP contribution >= 0.6 is 0 Å². The van der Waals surface area contributed by atoms with Gasteiger partial charge in [-0.05, 0) is 80.6 Å². The molecule has 0 saturated carbocycles. The Balaban J connectivity index is 1.30. The van der Waals surface area contributed by atoms with Gasteiger partial charge in [0.25, 0.3) is 0 Å². The second kappa shape index (κ2) is 8.74. The summed E-state index contributed by atoms with van der Waals surface area (Å²) in [5.41, 5.74) is -0.987. The zero-order chi connectivity index (χ0) is 21.1. The summed E-state index contributed by atoms with van der Waals surface area (Å²) in [5.74, 6) is 0.943. The minimum Gasteiger partial charge on any atom is -0.497 e. The molecule has 0 spiro atoms. The highest BCUT2D eigenvalue weighted by Crippen LogP contribution is 2.42. The van der Waals surface area contributed by atoms with Crippen molar-refractivity contribution in [3.05, 3.63) is 59.9 Å². The van der Waals surface area contributed by atoms with Gasteiger partial charge in [0, 0.05) is 24.2 Å². The molecule has 0 amide bonds. The number of carbonyl (C=O) groups is 1. The molecule has 6 heteroatoms. The number of ketones is 1. The van der Waals surface area contributed by atoms with Crippen LogP contribution in [0.25, 0.3) is 0 Å². The minimum absolute atomic E-state index is 0.194. The summed E-state index contributed by atoms with van der Waals surface area (Å²) in [7, 11) is 1.64. The number of carbonyl (C=O) groups excluding carboxylic acids is 1. The van der Waals surface area contributed by atoms with Crippen LogP contribution in [0.2, 0.25) is 0 Å². The van der Waals surface area contributed by atoms with Crippen molar-refractivity contribution in [2.24, 2.45) is 0 Å². The minimum atomic E-state index is -1.36. The van der Waals surface area contributed by atoms with E-state index in [4.69, 9.17) is 9.47 Å². The molecule has 160 valence electrons. The van der Waals surface area contributed by atoms with E-state index in [0.717, 1.165) is 37.3 Å². The van der Waals surface area contributed by atoms with Crippen LogP contribution in [0, 0.1) is 5.82 Å². The van der Waals surface area contributed by atoms with E-state index in [1.54, 1.807) is 7.11 Å². The van der Waals surface area contributed by atoms with Crippen molar-refractivity contribution in [1.29, 1.82) is 0 Å². The molecule has 5 nitrogen and oxygen atoms in total. The Morgan fingerprint density at radius 2 is 1.67 bits per heavy atom. The molecule has 0 radical (unpaired) electrons. The number of aliphatic hydroxyl groups is 1. The first kappa shape index (κ1) is 20.8. The van der Waals surface area contributed by atoms with Crippen LogP contribution in [0.4, 0.5) is 4.39 Å². The summed E-state index contributed by atoms with van der Waals surface area (Å²) in [6.45, 7) is 1.49. The zero-order valence-corrected chi connectivity index (χ0v) is 17.2. The fourth-order valence-corrected chi connectivity index (χ4v) is 4.85. The summed E-state index contributed by atoms with van der Waals surface area (Å²) in [5, 5.41) is 11.1. The Hall–Kier alpha value is -2.44. The third-order valence-corrected chi connectivity index (χ3v) is 6.34. The van der Waals surface area contributed by atoms with Crippen LogP contribution in [0.5, 0.6) is 11.5 Å². The third kappa shape index (κ3) is 4.35. The van der Waals surface area contributed by atoms with Gasteiger partial charge >= 0.3 is 0 Å². The first-order valence-electron chi connectivity index (χ1n) is 10.5. The fourth-order valence-electron chi connectivity index (χ4n) is 4.85. The van der Waals surface area contributed by atoms with E-state index in [0.29, 0.717) is 25.0 Å². The second-order valence-electron chi connectivity index (χ2n) is 8.28. The maximum Gasteiger partial charge on any atom is 0.194 e. The monoisotopic (exact) mass is 413 g/mol. The number of halogens is 1. The van der Waals surface area contributed by atoms with Crippen molar-refractivity contribution in [3.63, 3.8) is 0 Å². The molecule has 2 bridgehead atoms. The van der Waals surface area contributed by atoms with E-state index in [9.17, 15) is 14.3 Å². The lowest BCUT2D eigenvalue weighted by Gasteiger charge is -2.43. The number of benzene rings is 2. The molecule has 2 atom stereocenters. The standard InChI is InChI=1S/C24H28FNO4/c1-29-21-9-11-22(12-10-21)30-14-2-13-26-19-7-8-20(26)16-24(28,15-19)23(27)17-3-5-18(25)6-4-17/h3-6,9-12,19-20,28H,2,7-8,13-16H2,1H3. The molecule has 30 heavy (non-hydrogen) atoms. The number of methoxy groups -OCH3 is 1. The smallest absolute Gasteiger partial charge is 0.194 e. The Bertz CT molecular complexity index is 854. The first-order valence-corrected chi connectivity index (χ1v) is 10.5. The number of rotatable bonds is 8. The molecule has 2 heterocycles. The maximum atomic E-state index is 13.2.